The quantitative estimate of drug-likeness (QED) is 0.317. The Balaban J connectivity index is 1.36. The van der Waals surface area contributed by atoms with Crippen molar-refractivity contribution in [2.75, 3.05) is 46.3 Å². The largest absolute Gasteiger partial charge is 0.461 e. The maximum atomic E-state index is 13.6. The highest BCUT2D eigenvalue weighted by molar-refractivity contribution is 6.00. The molecule has 1 amide bonds. The van der Waals surface area contributed by atoms with Crippen molar-refractivity contribution in [3.05, 3.63) is 29.8 Å². The lowest BCUT2D eigenvalue weighted by atomic mass is 9.42. The van der Waals surface area contributed by atoms with Crippen LogP contribution in [0.5, 0.6) is 0 Å². The monoisotopic (exact) mass is 614 g/mol. The van der Waals surface area contributed by atoms with Crippen LogP contribution in [0.4, 0.5) is 5.69 Å². The van der Waals surface area contributed by atoms with E-state index >= 15 is 0 Å². The van der Waals surface area contributed by atoms with Gasteiger partial charge in [-0.15, -0.1) is 0 Å². The van der Waals surface area contributed by atoms with Gasteiger partial charge in [0.2, 0.25) is 5.91 Å². The highest BCUT2D eigenvalue weighted by Gasteiger charge is 2.91. The number of aliphatic hydroxyl groups is 3. The average Bonchev–Trinajstić information content (AvgIpc) is 3.37. The van der Waals surface area contributed by atoms with Gasteiger partial charge in [-0.3, -0.25) is 9.69 Å². The molecular formula is C33H46N2O9. The number of likely N-dealkylation sites (tertiary alicyclic amines) is 1. The minimum Gasteiger partial charge on any atom is -0.461 e. The number of likely N-dealkylation sites (N-methyl/N-ethyl adjacent to an activating group) is 1. The molecule has 7 rings (SSSR count). The molecule has 0 radical (unpaired) electrons. The number of rotatable bonds is 8. The summed E-state index contributed by atoms with van der Waals surface area (Å²) in [5.41, 5.74) is -4.04. The van der Waals surface area contributed by atoms with Crippen molar-refractivity contribution in [3.63, 3.8) is 0 Å². The van der Waals surface area contributed by atoms with Crippen molar-refractivity contribution in [2.45, 2.75) is 81.2 Å². The van der Waals surface area contributed by atoms with E-state index in [1.165, 1.54) is 6.92 Å². The van der Waals surface area contributed by atoms with Crippen LogP contribution in [-0.2, 0) is 23.7 Å². The predicted molar refractivity (Wildman–Crippen MR) is 158 cm³/mol. The fourth-order valence-corrected chi connectivity index (χ4v) is 12.0. The van der Waals surface area contributed by atoms with Gasteiger partial charge < -0.3 is 39.6 Å². The summed E-state index contributed by atoms with van der Waals surface area (Å²) in [4.78, 5) is 27.7. The lowest BCUT2D eigenvalue weighted by Crippen LogP contribution is -2.82. The first kappa shape index (κ1) is 30.5. The molecule has 6 fully saturated rings. The third kappa shape index (κ3) is 3.47. The molecule has 4 N–H and O–H groups in total. The van der Waals surface area contributed by atoms with Gasteiger partial charge in [-0.25, -0.2) is 4.79 Å². The van der Waals surface area contributed by atoms with Crippen molar-refractivity contribution >= 4 is 17.6 Å². The van der Waals surface area contributed by atoms with Gasteiger partial charge in [-0.05, 0) is 43.9 Å². The Morgan fingerprint density at radius 3 is 2.52 bits per heavy atom. The van der Waals surface area contributed by atoms with Gasteiger partial charge in [-0.1, -0.05) is 19.1 Å². The second-order valence-corrected chi connectivity index (χ2v) is 14.3. The first-order valence-corrected chi connectivity index (χ1v) is 16.0. The van der Waals surface area contributed by atoms with E-state index in [2.05, 4.69) is 17.1 Å². The fraction of sp³-hybridized carbons (Fsp3) is 0.758. The van der Waals surface area contributed by atoms with Gasteiger partial charge in [0.05, 0.1) is 48.3 Å². The van der Waals surface area contributed by atoms with Gasteiger partial charge in [0.15, 0.2) is 0 Å². The summed E-state index contributed by atoms with van der Waals surface area (Å²) in [5, 5.41) is 40.6. The van der Waals surface area contributed by atoms with Crippen molar-refractivity contribution in [1.29, 1.82) is 0 Å². The van der Waals surface area contributed by atoms with Crippen LogP contribution in [0.25, 0.3) is 0 Å². The average molecular weight is 615 g/mol. The Labute approximate surface area is 258 Å². The van der Waals surface area contributed by atoms with E-state index in [1.807, 2.05) is 0 Å². The zero-order valence-electron chi connectivity index (χ0n) is 26.2. The number of nitrogens with zero attached hydrogens (tertiary/aromatic N) is 1. The summed E-state index contributed by atoms with van der Waals surface area (Å²) in [6.45, 7) is 4.67. The highest BCUT2D eigenvalue weighted by atomic mass is 16.5. The van der Waals surface area contributed by atoms with Crippen molar-refractivity contribution in [2.24, 2.45) is 34.5 Å². The van der Waals surface area contributed by atoms with Crippen LogP contribution < -0.4 is 5.32 Å². The second kappa shape index (κ2) is 10.2. The number of fused-ring (bicyclic) bond motifs is 2. The number of amides is 1. The van der Waals surface area contributed by atoms with Crippen LogP contribution in [0.15, 0.2) is 24.3 Å². The number of hydrogen-bond acceptors (Lipinski definition) is 10. The summed E-state index contributed by atoms with van der Waals surface area (Å²) in [7, 11) is 4.91. The number of esters is 1. The summed E-state index contributed by atoms with van der Waals surface area (Å²) in [6, 6.07) is 6.30. The third-order valence-corrected chi connectivity index (χ3v) is 13.0. The molecule has 5 saturated carbocycles. The molecule has 6 aliphatic rings. The first-order chi connectivity index (χ1) is 21.0. The predicted octanol–water partition coefficient (Wildman–Crippen LogP) is 1.44. The van der Waals surface area contributed by atoms with Crippen molar-refractivity contribution in [1.82, 2.24) is 4.90 Å². The molecule has 242 valence electrons. The van der Waals surface area contributed by atoms with E-state index < -0.39 is 58.3 Å². The SMILES string of the molecule is CCN1CC2(COC(=O)c3ccccc3NC(C)=O)CC[C@H](OC)[C@]34C2[C@H](OC)[C@@](O)([C@H]13)[C@@]1(O)C[C@H](OC)[C@H]2C[C@@H]4[C@@H]1[C@H]2O. The second-order valence-electron chi connectivity index (χ2n) is 14.3. The zero-order valence-corrected chi connectivity index (χ0v) is 26.2. The number of nitrogens with one attached hydrogen (secondary N) is 1. The number of carbonyl (C=O) groups excluding carboxylic acids is 2. The molecule has 5 aliphatic carbocycles. The van der Waals surface area contributed by atoms with Crippen LogP contribution in [0.1, 0.15) is 49.9 Å². The minimum absolute atomic E-state index is 0.0742. The van der Waals surface area contributed by atoms with E-state index in [9.17, 15) is 24.9 Å². The molecule has 1 aromatic carbocycles. The Kier molecular flexibility index (Phi) is 7.07. The number of piperidine rings is 1. The Hall–Kier alpha value is -2.12. The topological polar surface area (TPSA) is 147 Å². The molecule has 11 heteroatoms. The van der Waals surface area contributed by atoms with E-state index in [1.54, 1.807) is 45.6 Å². The van der Waals surface area contributed by atoms with Crippen LogP contribution in [0, 0.1) is 34.5 Å². The smallest absolute Gasteiger partial charge is 0.340 e. The number of benzene rings is 1. The molecule has 1 heterocycles. The molecule has 1 spiro atoms. The fourth-order valence-electron chi connectivity index (χ4n) is 12.0. The number of anilines is 1. The van der Waals surface area contributed by atoms with Crippen LogP contribution >= 0.6 is 0 Å². The number of methoxy groups -OCH3 is 3. The number of aliphatic hydroxyl groups excluding tert-OH is 1. The molecule has 1 saturated heterocycles. The molecule has 1 aromatic rings. The Morgan fingerprint density at radius 2 is 1.86 bits per heavy atom. The van der Waals surface area contributed by atoms with Crippen molar-refractivity contribution < 1.29 is 43.9 Å². The summed E-state index contributed by atoms with van der Waals surface area (Å²) >= 11 is 0. The van der Waals surface area contributed by atoms with Gasteiger partial charge in [0, 0.05) is 69.8 Å². The van der Waals surface area contributed by atoms with E-state index in [0.717, 1.165) is 0 Å². The molecule has 44 heavy (non-hydrogen) atoms. The number of para-hydroxylation sites is 1. The van der Waals surface area contributed by atoms with Crippen LogP contribution in [-0.4, -0.2) is 115 Å². The van der Waals surface area contributed by atoms with Crippen LogP contribution in [0.2, 0.25) is 0 Å². The highest BCUT2D eigenvalue weighted by Crippen LogP contribution is 2.80. The molecule has 2 unspecified atom stereocenters. The summed E-state index contributed by atoms with van der Waals surface area (Å²) < 4.78 is 24.7. The van der Waals surface area contributed by atoms with Gasteiger partial charge in [0.25, 0.3) is 0 Å². The third-order valence-electron chi connectivity index (χ3n) is 13.0. The molecule has 11 nitrogen and oxygen atoms in total. The summed E-state index contributed by atoms with van der Waals surface area (Å²) in [6.07, 6.45) is -0.0977. The lowest BCUT2D eigenvalue weighted by Gasteiger charge is -2.70. The maximum Gasteiger partial charge on any atom is 0.340 e. The molecule has 13 atom stereocenters. The molecule has 1 aliphatic heterocycles. The van der Waals surface area contributed by atoms with E-state index in [4.69, 9.17) is 18.9 Å². The maximum absolute atomic E-state index is 13.6. The lowest BCUT2D eigenvalue weighted by molar-refractivity contribution is -0.318. The van der Waals surface area contributed by atoms with E-state index in [0.29, 0.717) is 38.0 Å². The zero-order chi connectivity index (χ0) is 31.4. The van der Waals surface area contributed by atoms with Crippen LogP contribution in [0.3, 0.4) is 0 Å². The molecule has 0 aromatic heterocycles. The van der Waals surface area contributed by atoms with E-state index in [-0.39, 0.29) is 48.4 Å². The Bertz CT molecular complexity index is 1340. The number of ether oxygens (including phenoxy) is 4. The molecular weight excluding hydrogens is 568 g/mol. The summed E-state index contributed by atoms with van der Waals surface area (Å²) in [5.74, 6) is -2.05. The molecule has 7 bridgehead atoms. The van der Waals surface area contributed by atoms with Gasteiger partial charge in [0.1, 0.15) is 11.2 Å². The first-order valence-electron chi connectivity index (χ1n) is 16.0. The number of hydrogen-bond donors (Lipinski definition) is 4. The standard InChI is InChI=1S/C33H46N2O9/c1-6-35-15-30(16-44-28(38)18-9-7-8-10-21(18)34-17(2)36)12-11-23(42-4)32-20-13-19-22(41-3)14-31(39,24(20)25(19)37)33(40,29(32)35)27(43-5)26(30)32/h7-10,19-20,22-27,29,37,39-40H,6,11-16H2,1-5H3,(H,34,36)/t19-,20-,22+,23+,24-,25+,26?,27+,29-,30?,31-,32-,33-/m1/s1. The van der Waals surface area contributed by atoms with Gasteiger partial charge in [-0.2, -0.15) is 0 Å². The number of carbonyl (C=O) groups is 2. The van der Waals surface area contributed by atoms with Gasteiger partial charge >= 0.3 is 5.97 Å². The van der Waals surface area contributed by atoms with Crippen molar-refractivity contribution in [3.8, 4) is 0 Å². The Morgan fingerprint density at radius 1 is 1.11 bits per heavy atom. The normalized spacial score (nSPS) is 48.2. The minimum atomic E-state index is -1.73.